The highest BCUT2D eigenvalue weighted by Crippen LogP contribution is 2.42. The lowest BCUT2D eigenvalue weighted by molar-refractivity contribution is 0.306. The van der Waals surface area contributed by atoms with Crippen molar-refractivity contribution in [2.24, 2.45) is 11.8 Å². The summed E-state index contributed by atoms with van der Waals surface area (Å²) in [4.78, 5) is 0. The van der Waals surface area contributed by atoms with Crippen molar-refractivity contribution in [1.82, 2.24) is 0 Å². The van der Waals surface area contributed by atoms with E-state index in [1.54, 1.807) is 12.1 Å². The van der Waals surface area contributed by atoms with Crippen molar-refractivity contribution in [3.8, 4) is 11.5 Å². The number of rotatable bonds is 8. The van der Waals surface area contributed by atoms with Crippen molar-refractivity contribution in [2.75, 3.05) is 0 Å². The molecule has 0 bridgehead atoms. The Labute approximate surface area is 169 Å². The average Bonchev–Trinajstić information content (AvgIpc) is 2.73. The van der Waals surface area contributed by atoms with Gasteiger partial charge in [-0.2, -0.15) is 0 Å². The molecule has 28 heavy (non-hydrogen) atoms. The van der Waals surface area contributed by atoms with Crippen LogP contribution in [0.5, 0.6) is 11.5 Å². The smallest absolute Gasteiger partial charge is 0.115 e. The topological polar surface area (TPSA) is 40.5 Å². The molecule has 3 unspecified atom stereocenters. The van der Waals surface area contributed by atoms with Gasteiger partial charge in [0.25, 0.3) is 0 Å². The van der Waals surface area contributed by atoms with Crippen LogP contribution >= 0.6 is 0 Å². The second-order valence-electron chi connectivity index (χ2n) is 8.31. The average molecular weight is 379 g/mol. The molecule has 2 nitrogen and oxygen atoms in total. The number of aromatic hydroxyl groups is 2. The van der Waals surface area contributed by atoms with E-state index in [0.717, 1.165) is 18.8 Å². The summed E-state index contributed by atoms with van der Waals surface area (Å²) < 4.78 is 0. The highest BCUT2D eigenvalue weighted by Gasteiger charge is 2.27. The van der Waals surface area contributed by atoms with E-state index in [2.05, 4.69) is 32.1 Å². The Kier molecular flexibility index (Phi) is 7.19. The van der Waals surface area contributed by atoms with E-state index in [0.29, 0.717) is 23.3 Å². The Morgan fingerprint density at radius 2 is 1.57 bits per heavy atom. The molecule has 0 amide bonds. The van der Waals surface area contributed by atoms with Crippen molar-refractivity contribution >= 4 is 5.57 Å². The minimum Gasteiger partial charge on any atom is -0.508 e. The maximum absolute atomic E-state index is 9.71. The summed E-state index contributed by atoms with van der Waals surface area (Å²) in [6.07, 6.45) is 10.8. The van der Waals surface area contributed by atoms with Crippen LogP contribution in [0.1, 0.15) is 75.8 Å². The summed E-state index contributed by atoms with van der Waals surface area (Å²) in [5, 5.41) is 19.2. The van der Waals surface area contributed by atoms with Crippen LogP contribution in [0.2, 0.25) is 0 Å². The van der Waals surface area contributed by atoms with Crippen LogP contribution in [0.25, 0.3) is 5.57 Å². The van der Waals surface area contributed by atoms with Crippen molar-refractivity contribution in [3.63, 3.8) is 0 Å². The zero-order valence-electron chi connectivity index (χ0n) is 17.3. The minimum atomic E-state index is 0.326. The fraction of sp³-hybridized carbons (Fsp3) is 0.462. The first-order valence-corrected chi connectivity index (χ1v) is 10.9. The van der Waals surface area contributed by atoms with E-state index >= 15 is 0 Å². The second-order valence-corrected chi connectivity index (χ2v) is 8.31. The minimum absolute atomic E-state index is 0.326. The Morgan fingerprint density at radius 3 is 2.11 bits per heavy atom. The van der Waals surface area contributed by atoms with Crippen molar-refractivity contribution in [3.05, 3.63) is 65.7 Å². The van der Waals surface area contributed by atoms with Gasteiger partial charge in [-0.3, -0.25) is 0 Å². The molecule has 0 spiro atoms. The molecule has 0 aliphatic heterocycles. The van der Waals surface area contributed by atoms with Gasteiger partial charge in [0.2, 0.25) is 0 Å². The van der Waals surface area contributed by atoms with Crippen LogP contribution in [0.3, 0.4) is 0 Å². The fourth-order valence-electron chi connectivity index (χ4n) is 4.74. The zero-order valence-corrected chi connectivity index (χ0v) is 17.3. The SMILES string of the molecule is CCCC(CC)CC(c1ccc(O)cc1)C1CC=C(c2ccc(O)cc2)CC1. The number of phenolic OH excluding ortho intramolecular Hbond substituents is 2. The molecule has 2 heteroatoms. The Balaban J connectivity index is 1.78. The van der Waals surface area contributed by atoms with Gasteiger partial charge in [-0.1, -0.05) is 63.5 Å². The van der Waals surface area contributed by atoms with E-state index in [1.807, 2.05) is 24.3 Å². The zero-order chi connectivity index (χ0) is 19.9. The summed E-state index contributed by atoms with van der Waals surface area (Å²) >= 11 is 0. The summed E-state index contributed by atoms with van der Waals surface area (Å²) in [6, 6.07) is 15.5. The largest absolute Gasteiger partial charge is 0.508 e. The molecule has 2 N–H and O–H groups in total. The van der Waals surface area contributed by atoms with Crippen LogP contribution in [0, 0.1) is 11.8 Å². The molecule has 150 valence electrons. The standard InChI is InChI=1S/C26H34O2/c1-3-5-19(4-2)18-26(23-12-16-25(28)17-13-23)22-8-6-20(7-9-22)21-10-14-24(27)15-11-21/h6,10-17,19,22,26-28H,3-5,7-9,18H2,1-2H3. The number of hydrogen-bond acceptors (Lipinski definition) is 2. The number of benzene rings is 2. The normalized spacial score (nSPS) is 19.1. The predicted molar refractivity (Wildman–Crippen MR) is 118 cm³/mol. The Hall–Kier alpha value is -2.22. The molecule has 2 aromatic carbocycles. The predicted octanol–water partition coefficient (Wildman–Crippen LogP) is 7.28. The van der Waals surface area contributed by atoms with Gasteiger partial charge in [-0.05, 0) is 84.4 Å². The highest BCUT2D eigenvalue weighted by atomic mass is 16.3. The maximum atomic E-state index is 9.71. The molecule has 0 fully saturated rings. The van der Waals surface area contributed by atoms with Gasteiger partial charge in [0.15, 0.2) is 0 Å². The fourth-order valence-corrected chi connectivity index (χ4v) is 4.74. The van der Waals surface area contributed by atoms with Gasteiger partial charge in [-0.15, -0.1) is 0 Å². The van der Waals surface area contributed by atoms with Gasteiger partial charge in [0, 0.05) is 0 Å². The molecule has 0 heterocycles. The highest BCUT2D eigenvalue weighted by molar-refractivity contribution is 5.66. The van der Waals surface area contributed by atoms with Gasteiger partial charge in [0.1, 0.15) is 11.5 Å². The number of phenols is 2. The summed E-state index contributed by atoms with van der Waals surface area (Å²) in [5.74, 6) is 2.64. The van der Waals surface area contributed by atoms with E-state index in [1.165, 1.54) is 48.8 Å². The first-order valence-electron chi connectivity index (χ1n) is 10.9. The molecule has 0 saturated carbocycles. The van der Waals surface area contributed by atoms with Gasteiger partial charge >= 0.3 is 0 Å². The molecule has 1 aliphatic carbocycles. The molecule has 3 atom stereocenters. The third-order valence-electron chi connectivity index (χ3n) is 6.44. The van der Waals surface area contributed by atoms with E-state index in [9.17, 15) is 10.2 Å². The van der Waals surface area contributed by atoms with Crippen LogP contribution in [-0.4, -0.2) is 10.2 Å². The first kappa shape index (κ1) is 20.5. The number of hydrogen-bond donors (Lipinski definition) is 2. The Bertz CT molecular complexity index is 758. The van der Waals surface area contributed by atoms with E-state index in [4.69, 9.17) is 0 Å². The molecule has 0 saturated heterocycles. The third-order valence-corrected chi connectivity index (χ3v) is 6.44. The van der Waals surface area contributed by atoms with E-state index in [-0.39, 0.29) is 0 Å². The summed E-state index contributed by atoms with van der Waals surface area (Å²) in [5.41, 5.74) is 4.01. The van der Waals surface area contributed by atoms with Crippen LogP contribution < -0.4 is 0 Å². The van der Waals surface area contributed by atoms with Crippen LogP contribution in [0.15, 0.2) is 54.6 Å². The van der Waals surface area contributed by atoms with Gasteiger partial charge in [0.05, 0.1) is 0 Å². The van der Waals surface area contributed by atoms with Gasteiger partial charge < -0.3 is 10.2 Å². The van der Waals surface area contributed by atoms with E-state index < -0.39 is 0 Å². The molecule has 2 aromatic rings. The second kappa shape index (κ2) is 9.82. The first-order chi connectivity index (χ1) is 13.6. The molecule has 0 aromatic heterocycles. The monoisotopic (exact) mass is 378 g/mol. The van der Waals surface area contributed by atoms with Crippen molar-refractivity contribution < 1.29 is 10.2 Å². The van der Waals surface area contributed by atoms with Crippen LogP contribution in [0.4, 0.5) is 0 Å². The van der Waals surface area contributed by atoms with Crippen molar-refractivity contribution in [1.29, 1.82) is 0 Å². The Morgan fingerprint density at radius 1 is 0.929 bits per heavy atom. The molecular formula is C26H34O2. The summed E-state index contributed by atoms with van der Waals surface area (Å²) in [6.45, 7) is 4.60. The molecule has 3 rings (SSSR count). The van der Waals surface area contributed by atoms with Crippen molar-refractivity contribution in [2.45, 2.75) is 64.7 Å². The van der Waals surface area contributed by atoms with Crippen LogP contribution in [-0.2, 0) is 0 Å². The quantitative estimate of drug-likeness (QED) is 0.506. The lowest BCUT2D eigenvalue weighted by atomic mass is 9.72. The molecule has 1 aliphatic rings. The third kappa shape index (κ3) is 5.19. The lowest BCUT2D eigenvalue weighted by Gasteiger charge is -2.33. The molecule has 0 radical (unpaired) electrons. The molecular weight excluding hydrogens is 344 g/mol. The number of allylic oxidation sites excluding steroid dienone is 2. The maximum Gasteiger partial charge on any atom is 0.115 e. The van der Waals surface area contributed by atoms with Gasteiger partial charge in [-0.25, -0.2) is 0 Å². The summed E-state index contributed by atoms with van der Waals surface area (Å²) in [7, 11) is 0. The lowest BCUT2D eigenvalue weighted by Crippen LogP contribution is -2.19.